The molecule has 0 unspecified atom stereocenters. The Morgan fingerprint density at radius 2 is 1.57 bits per heavy atom. The Bertz CT molecular complexity index is 579. The van der Waals surface area contributed by atoms with Crippen molar-refractivity contribution in [3.63, 3.8) is 0 Å². The van der Waals surface area contributed by atoms with Crippen molar-refractivity contribution >= 4 is 24.0 Å². The predicted octanol–water partition coefficient (Wildman–Crippen LogP) is 2.87. The zero-order chi connectivity index (χ0) is 16.8. The van der Waals surface area contributed by atoms with Crippen molar-refractivity contribution < 1.29 is 9.31 Å². The maximum absolute atomic E-state index is 6.37. The van der Waals surface area contributed by atoms with Crippen molar-refractivity contribution in [2.75, 3.05) is 23.7 Å². The number of nitrogens with two attached hydrogens (primary N) is 1. The molecule has 0 saturated carbocycles. The van der Waals surface area contributed by atoms with Gasteiger partial charge in [0.15, 0.2) is 0 Å². The molecule has 3 rings (SSSR count). The highest BCUT2D eigenvalue weighted by atomic mass is 16.7. The molecule has 2 fully saturated rings. The van der Waals surface area contributed by atoms with Crippen molar-refractivity contribution in [1.82, 2.24) is 0 Å². The number of hydrogen-bond donors (Lipinski definition) is 1. The second kappa shape index (κ2) is 5.71. The van der Waals surface area contributed by atoms with Crippen LogP contribution in [0.5, 0.6) is 0 Å². The van der Waals surface area contributed by atoms with E-state index in [1.54, 1.807) is 0 Å². The molecule has 2 saturated heterocycles. The molecule has 0 spiro atoms. The highest BCUT2D eigenvalue weighted by molar-refractivity contribution is 6.62. The zero-order valence-corrected chi connectivity index (χ0v) is 15.1. The average molecular weight is 316 g/mol. The van der Waals surface area contributed by atoms with E-state index in [2.05, 4.69) is 45.6 Å². The number of anilines is 2. The molecule has 1 aromatic carbocycles. The van der Waals surface area contributed by atoms with Gasteiger partial charge >= 0.3 is 7.12 Å². The topological polar surface area (TPSA) is 47.7 Å². The quantitative estimate of drug-likeness (QED) is 0.673. The summed E-state index contributed by atoms with van der Waals surface area (Å²) in [4.78, 5) is 2.40. The lowest BCUT2D eigenvalue weighted by Crippen LogP contribution is -2.41. The van der Waals surface area contributed by atoms with Gasteiger partial charge in [0.1, 0.15) is 0 Å². The van der Waals surface area contributed by atoms with E-state index in [9.17, 15) is 0 Å². The first-order valence-corrected chi connectivity index (χ1v) is 8.72. The maximum atomic E-state index is 6.37. The Hall–Kier alpha value is -1.20. The van der Waals surface area contributed by atoms with Gasteiger partial charge < -0.3 is 19.9 Å². The normalized spacial score (nSPS) is 23.3. The largest absolute Gasteiger partial charge is 0.495 e. The minimum Gasteiger partial charge on any atom is -0.399 e. The van der Waals surface area contributed by atoms with Crippen molar-refractivity contribution in [1.29, 1.82) is 0 Å². The summed E-state index contributed by atoms with van der Waals surface area (Å²) in [6.45, 7) is 12.6. The summed E-state index contributed by atoms with van der Waals surface area (Å²) in [6, 6.07) is 4.24. The molecule has 5 heteroatoms. The van der Waals surface area contributed by atoms with Crippen molar-refractivity contribution in [2.45, 2.75) is 65.1 Å². The summed E-state index contributed by atoms with van der Waals surface area (Å²) in [5.74, 6) is 0. The van der Waals surface area contributed by atoms with Crippen LogP contribution in [-0.2, 0) is 9.31 Å². The van der Waals surface area contributed by atoms with Crippen LogP contribution in [0.1, 0.15) is 52.5 Å². The summed E-state index contributed by atoms with van der Waals surface area (Å²) in [7, 11) is -0.349. The summed E-state index contributed by atoms with van der Waals surface area (Å²) in [5, 5.41) is 0. The highest BCUT2D eigenvalue weighted by Crippen LogP contribution is 2.37. The molecule has 23 heavy (non-hydrogen) atoms. The van der Waals surface area contributed by atoms with Gasteiger partial charge in [0, 0.05) is 13.1 Å². The summed E-state index contributed by atoms with van der Waals surface area (Å²) in [6.07, 6.45) is 3.82. The molecule has 126 valence electrons. The van der Waals surface area contributed by atoms with Crippen LogP contribution in [0.15, 0.2) is 12.1 Å². The van der Waals surface area contributed by atoms with Crippen molar-refractivity contribution in [3.05, 3.63) is 17.7 Å². The van der Waals surface area contributed by atoms with E-state index >= 15 is 0 Å². The molecule has 0 amide bonds. The fourth-order valence-corrected chi connectivity index (χ4v) is 3.36. The Labute approximate surface area is 140 Å². The van der Waals surface area contributed by atoms with Crippen LogP contribution in [0.2, 0.25) is 0 Å². The zero-order valence-electron chi connectivity index (χ0n) is 15.1. The molecule has 2 heterocycles. The van der Waals surface area contributed by atoms with Crippen LogP contribution in [0.25, 0.3) is 0 Å². The van der Waals surface area contributed by atoms with E-state index in [-0.39, 0.29) is 18.3 Å². The first-order valence-electron chi connectivity index (χ1n) is 8.72. The second-order valence-corrected chi connectivity index (χ2v) is 7.90. The molecule has 1 aromatic rings. The fourth-order valence-electron chi connectivity index (χ4n) is 3.36. The Morgan fingerprint density at radius 1 is 1.00 bits per heavy atom. The van der Waals surface area contributed by atoms with E-state index in [0.29, 0.717) is 0 Å². The van der Waals surface area contributed by atoms with E-state index in [0.717, 1.165) is 29.9 Å². The smallest absolute Gasteiger partial charge is 0.399 e. The van der Waals surface area contributed by atoms with Gasteiger partial charge in [-0.05, 0) is 77.0 Å². The molecule has 0 bridgehead atoms. The SMILES string of the molecule is Cc1cc(N2CCCCC2)c(N)cc1B1OC(C)(C)C(C)(C)O1. The summed E-state index contributed by atoms with van der Waals surface area (Å²) in [5.41, 5.74) is 9.91. The number of aryl methyl sites for hydroxylation is 1. The predicted molar refractivity (Wildman–Crippen MR) is 97.4 cm³/mol. The molecule has 0 radical (unpaired) electrons. The van der Waals surface area contributed by atoms with Crippen LogP contribution in [0, 0.1) is 6.92 Å². The van der Waals surface area contributed by atoms with Gasteiger partial charge in [0.05, 0.1) is 22.6 Å². The third kappa shape index (κ3) is 2.97. The van der Waals surface area contributed by atoms with E-state index in [1.807, 2.05) is 6.07 Å². The molecular formula is C18H29BN2O2. The maximum Gasteiger partial charge on any atom is 0.495 e. The van der Waals surface area contributed by atoms with Crippen molar-refractivity contribution in [3.8, 4) is 0 Å². The van der Waals surface area contributed by atoms with Gasteiger partial charge in [-0.25, -0.2) is 0 Å². The van der Waals surface area contributed by atoms with Crippen LogP contribution in [0.4, 0.5) is 11.4 Å². The van der Waals surface area contributed by atoms with Gasteiger partial charge in [-0.15, -0.1) is 0 Å². The second-order valence-electron chi connectivity index (χ2n) is 7.90. The monoisotopic (exact) mass is 316 g/mol. The third-order valence-corrected chi connectivity index (χ3v) is 5.62. The van der Waals surface area contributed by atoms with E-state index < -0.39 is 0 Å². The Kier molecular flexibility index (Phi) is 4.13. The lowest BCUT2D eigenvalue weighted by atomic mass is 9.75. The number of nitrogen functional groups attached to an aromatic ring is 1. The summed E-state index contributed by atoms with van der Waals surface area (Å²) >= 11 is 0. The molecule has 0 aromatic heterocycles. The summed E-state index contributed by atoms with van der Waals surface area (Å²) < 4.78 is 12.4. The van der Waals surface area contributed by atoms with E-state index in [4.69, 9.17) is 15.0 Å². The van der Waals surface area contributed by atoms with Crippen LogP contribution in [0.3, 0.4) is 0 Å². The average Bonchev–Trinajstić information content (AvgIpc) is 2.70. The molecule has 2 N–H and O–H groups in total. The Balaban J connectivity index is 1.89. The van der Waals surface area contributed by atoms with Crippen LogP contribution < -0.4 is 16.1 Å². The molecule has 0 aliphatic carbocycles. The van der Waals surface area contributed by atoms with Gasteiger partial charge in [-0.1, -0.05) is 0 Å². The number of piperidine rings is 1. The molecule has 0 atom stereocenters. The van der Waals surface area contributed by atoms with Crippen LogP contribution >= 0.6 is 0 Å². The van der Waals surface area contributed by atoms with Crippen LogP contribution in [-0.4, -0.2) is 31.4 Å². The number of benzene rings is 1. The highest BCUT2D eigenvalue weighted by Gasteiger charge is 2.52. The lowest BCUT2D eigenvalue weighted by Gasteiger charge is -2.32. The molecule has 2 aliphatic rings. The Morgan fingerprint density at radius 3 is 2.13 bits per heavy atom. The molecular weight excluding hydrogens is 287 g/mol. The lowest BCUT2D eigenvalue weighted by molar-refractivity contribution is 0.00578. The molecule has 4 nitrogen and oxygen atoms in total. The third-order valence-electron chi connectivity index (χ3n) is 5.62. The minimum absolute atomic E-state index is 0.329. The first kappa shape index (κ1) is 16.7. The first-order chi connectivity index (χ1) is 10.7. The minimum atomic E-state index is -0.349. The number of hydrogen-bond acceptors (Lipinski definition) is 4. The van der Waals surface area contributed by atoms with Gasteiger partial charge in [0.2, 0.25) is 0 Å². The van der Waals surface area contributed by atoms with Gasteiger partial charge in [0.25, 0.3) is 0 Å². The van der Waals surface area contributed by atoms with Gasteiger partial charge in [-0.2, -0.15) is 0 Å². The number of nitrogens with zero attached hydrogens (tertiary/aromatic N) is 1. The van der Waals surface area contributed by atoms with Gasteiger partial charge in [-0.3, -0.25) is 0 Å². The van der Waals surface area contributed by atoms with Crippen molar-refractivity contribution in [2.24, 2.45) is 0 Å². The van der Waals surface area contributed by atoms with E-state index in [1.165, 1.54) is 24.8 Å². The molecule has 2 aliphatic heterocycles. The number of rotatable bonds is 2. The fraction of sp³-hybridized carbons (Fsp3) is 0.667. The standard InChI is InChI=1S/C18H29BN2O2/c1-13-11-16(21-9-7-6-8-10-21)15(20)12-14(13)19-22-17(2,3)18(4,5)23-19/h11-12H,6-10,20H2,1-5H3.